The second-order valence-corrected chi connectivity index (χ2v) is 9.81. The molecule has 0 aliphatic heterocycles. The average molecular weight is 523 g/mol. The van der Waals surface area contributed by atoms with Crippen LogP contribution >= 0.6 is 0 Å². The summed E-state index contributed by atoms with van der Waals surface area (Å²) in [4.78, 5) is 8.98. The van der Waals surface area contributed by atoms with E-state index in [1.165, 1.54) is 0 Å². The monoisotopic (exact) mass is 522 g/mol. The van der Waals surface area contributed by atoms with Crippen LogP contribution in [0, 0.1) is 17.9 Å². The lowest BCUT2D eigenvalue weighted by Gasteiger charge is -2.13. The first kappa shape index (κ1) is 24.1. The molecule has 0 radical (unpaired) electrons. The largest absolute Gasteiger partial charge is 0.294 e. The van der Waals surface area contributed by atoms with E-state index in [4.69, 9.17) is 11.6 Å². The van der Waals surface area contributed by atoms with Crippen LogP contribution < -0.4 is 0 Å². The number of hydrogen-bond donors (Lipinski definition) is 0. The van der Waals surface area contributed by atoms with Gasteiger partial charge < -0.3 is 0 Å². The Balaban J connectivity index is 1.59. The molecule has 4 nitrogen and oxygen atoms in total. The van der Waals surface area contributed by atoms with Gasteiger partial charge in [-0.1, -0.05) is 103 Å². The van der Waals surface area contributed by atoms with Crippen molar-refractivity contribution in [3.8, 4) is 45.4 Å². The Morgan fingerprint density at radius 2 is 1.34 bits per heavy atom. The summed E-state index contributed by atoms with van der Waals surface area (Å²) in [7, 11) is 0. The SMILES string of the molecule is [C-]#[N+]c1cccc(C#N)c1-c1cccc2c1c1ccccc1n2-c1cc(-c2ccccc2)cc(-c2ccccc2)n1. The van der Waals surface area contributed by atoms with Crippen LogP contribution in [-0.2, 0) is 0 Å². The van der Waals surface area contributed by atoms with Crippen molar-refractivity contribution in [2.24, 2.45) is 0 Å². The Morgan fingerprint density at radius 1 is 0.659 bits per heavy atom. The second-order valence-electron chi connectivity index (χ2n) is 9.81. The van der Waals surface area contributed by atoms with Gasteiger partial charge in [0.25, 0.3) is 0 Å². The van der Waals surface area contributed by atoms with Crippen LogP contribution in [0.15, 0.2) is 133 Å². The van der Waals surface area contributed by atoms with Crippen molar-refractivity contribution >= 4 is 27.5 Å². The summed E-state index contributed by atoms with van der Waals surface area (Å²) in [5, 5.41) is 12.0. The van der Waals surface area contributed by atoms with E-state index >= 15 is 0 Å². The molecule has 0 unspecified atom stereocenters. The molecule has 0 N–H and O–H groups in total. The van der Waals surface area contributed by atoms with Crippen LogP contribution in [0.3, 0.4) is 0 Å². The van der Waals surface area contributed by atoms with E-state index in [0.717, 1.165) is 55.6 Å². The van der Waals surface area contributed by atoms with E-state index < -0.39 is 0 Å². The van der Waals surface area contributed by atoms with E-state index in [2.05, 4.69) is 70.1 Å². The van der Waals surface area contributed by atoms with Crippen molar-refractivity contribution in [1.82, 2.24) is 9.55 Å². The van der Waals surface area contributed by atoms with Gasteiger partial charge in [0.2, 0.25) is 0 Å². The molecule has 0 saturated carbocycles. The minimum absolute atomic E-state index is 0.462. The van der Waals surface area contributed by atoms with Crippen LogP contribution in [0.2, 0.25) is 0 Å². The quantitative estimate of drug-likeness (QED) is 0.216. The van der Waals surface area contributed by atoms with Crippen molar-refractivity contribution in [3.63, 3.8) is 0 Å². The number of nitrogens with zero attached hydrogens (tertiary/aromatic N) is 4. The lowest BCUT2D eigenvalue weighted by Crippen LogP contribution is -2.00. The Labute approximate surface area is 237 Å². The van der Waals surface area contributed by atoms with Gasteiger partial charge in [0.15, 0.2) is 5.69 Å². The minimum Gasteiger partial charge on any atom is -0.294 e. The maximum absolute atomic E-state index is 9.98. The van der Waals surface area contributed by atoms with E-state index in [9.17, 15) is 5.26 Å². The molecule has 0 aliphatic carbocycles. The lowest BCUT2D eigenvalue weighted by atomic mass is 9.94. The van der Waals surface area contributed by atoms with Crippen molar-refractivity contribution in [1.29, 1.82) is 5.26 Å². The molecule has 2 aromatic heterocycles. The fourth-order valence-electron chi connectivity index (χ4n) is 5.67. The number of benzene rings is 5. The Kier molecular flexibility index (Phi) is 5.86. The standard InChI is InChI=1S/C37H22N4/c1-39-31-19-10-16-27(24-38)36(31)30-18-11-21-34-37(30)29-17-8-9-20-33(29)41(34)35-23-28(25-12-4-2-5-13-25)22-32(40-35)26-14-6-3-7-15-26/h2-23H. The predicted molar refractivity (Wildman–Crippen MR) is 166 cm³/mol. The van der Waals surface area contributed by atoms with Crippen molar-refractivity contribution in [2.75, 3.05) is 0 Å². The first-order valence-electron chi connectivity index (χ1n) is 13.3. The predicted octanol–water partition coefficient (Wildman–Crippen LogP) is 9.60. The Morgan fingerprint density at radius 3 is 2.10 bits per heavy atom. The van der Waals surface area contributed by atoms with Crippen molar-refractivity contribution < 1.29 is 0 Å². The summed E-state index contributed by atoms with van der Waals surface area (Å²) >= 11 is 0. The minimum atomic E-state index is 0.462. The molecule has 0 saturated heterocycles. The lowest BCUT2D eigenvalue weighted by molar-refractivity contribution is 1.08. The highest BCUT2D eigenvalue weighted by atomic mass is 15.1. The zero-order valence-electron chi connectivity index (χ0n) is 22.0. The van der Waals surface area contributed by atoms with E-state index in [-0.39, 0.29) is 0 Å². The first-order valence-corrected chi connectivity index (χ1v) is 13.3. The van der Waals surface area contributed by atoms with Gasteiger partial charge >= 0.3 is 0 Å². The summed E-state index contributed by atoms with van der Waals surface area (Å²) in [5.41, 5.74) is 8.54. The van der Waals surface area contributed by atoms with Crippen LogP contribution in [0.25, 0.3) is 66.0 Å². The number of pyridine rings is 1. The van der Waals surface area contributed by atoms with Gasteiger partial charge in [0, 0.05) is 27.5 Å². The van der Waals surface area contributed by atoms with Gasteiger partial charge in [0.05, 0.1) is 29.4 Å². The number of para-hydroxylation sites is 1. The number of hydrogen-bond acceptors (Lipinski definition) is 2. The number of nitriles is 1. The van der Waals surface area contributed by atoms with Gasteiger partial charge in [-0.25, -0.2) is 9.83 Å². The van der Waals surface area contributed by atoms with Gasteiger partial charge in [-0.05, 0) is 47.0 Å². The maximum atomic E-state index is 9.98. The topological polar surface area (TPSA) is 46.0 Å². The molecule has 0 amide bonds. The molecule has 190 valence electrons. The highest BCUT2D eigenvalue weighted by Crippen LogP contribution is 2.43. The summed E-state index contributed by atoms with van der Waals surface area (Å²) in [6.45, 7) is 7.83. The van der Waals surface area contributed by atoms with Crippen LogP contribution in [0.5, 0.6) is 0 Å². The summed E-state index contributed by atoms with van der Waals surface area (Å²) < 4.78 is 2.19. The van der Waals surface area contributed by atoms with Gasteiger partial charge in [0.1, 0.15) is 5.82 Å². The number of aromatic nitrogens is 2. The molecule has 7 rings (SSSR count). The highest BCUT2D eigenvalue weighted by Gasteiger charge is 2.20. The van der Waals surface area contributed by atoms with Crippen LogP contribution in [0.1, 0.15) is 5.56 Å². The average Bonchev–Trinajstić information content (AvgIpc) is 3.39. The fraction of sp³-hybridized carbons (Fsp3) is 0. The zero-order chi connectivity index (χ0) is 27.8. The molecule has 0 atom stereocenters. The molecule has 41 heavy (non-hydrogen) atoms. The normalized spacial score (nSPS) is 10.9. The molecule has 4 heteroatoms. The summed E-state index contributed by atoms with van der Waals surface area (Å²) in [6, 6.07) is 46.8. The third-order valence-corrected chi connectivity index (χ3v) is 7.47. The molecular weight excluding hydrogens is 500 g/mol. The molecule has 0 spiro atoms. The van der Waals surface area contributed by atoms with E-state index in [1.807, 2.05) is 60.7 Å². The molecule has 2 heterocycles. The van der Waals surface area contributed by atoms with Crippen molar-refractivity contribution in [3.05, 3.63) is 150 Å². The van der Waals surface area contributed by atoms with Gasteiger partial charge in [-0.3, -0.25) is 4.57 Å². The molecule has 0 fully saturated rings. The maximum Gasteiger partial charge on any atom is 0.196 e. The molecular formula is C37H22N4. The van der Waals surface area contributed by atoms with Crippen LogP contribution in [0.4, 0.5) is 5.69 Å². The Hall–Kier alpha value is -5.97. The van der Waals surface area contributed by atoms with Gasteiger partial charge in [-0.15, -0.1) is 0 Å². The zero-order valence-corrected chi connectivity index (χ0v) is 22.0. The van der Waals surface area contributed by atoms with Crippen molar-refractivity contribution in [2.45, 2.75) is 0 Å². The third kappa shape index (κ3) is 4.03. The third-order valence-electron chi connectivity index (χ3n) is 7.47. The fourth-order valence-corrected chi connectivity index (χ4v) is 5.67. The van der Waals surface area contributed by atoms with E-state index in [1.54, 1.807) is 18.2 Å². The number of fused-ring (bicyclic) bond motifs is 3. The summed E-state index contributed by atoms with van der Waals surface area (Å²) in [5.74, 6) is 0.799. The van der Waals surface area contributed by atoms with Crippen LogP contribution in [-0.4, -0.2) is 9.55 Å². The Bertz CT molecular complexity index is 2070. The smallest absolute Gasteiger partial charge is 0.196 e. The molecule has 7 aromatic rings. The molecule has 0 bridgehead atoms. The second kappa shape index (κ2) is 9.97. The molecule has 5 aromatic carbocycles. The van der Waals surface area contributed by atoms with Gasteiger partial charge in [-0.2, -0.15) is 5.26 Å². The molecule has 0 aliphatic rings. The first-order chi connectivity index (χ1) is 20.3. The number of rotatable bonds is 4. The highest BCUT2D eigenvalue weighted by molar-refractivity contribution is 6.17. The van der Waals surface area contributed by atoms with E-state index in [0.29, 0.717) is 16.8 Å². The summed E-state index contributed by atoms with van der Waals surface area (Å²) in [6.07, 6.45) is 0.